The minimum Gasteiger partial charge on any atom is -0.337 e. The van der Waals surface area contributed by atoms with E-state index in [1.807, 2.05) is 12.1 Å². The Morgan fingerprint density at radius 2 is 1.90 bits per heavy atom. The zero-order valence-corrected chi connectivity index (χ0v) is 16.9. The molecule has 3 N–H and O–H groups in total. The van der Waals surface area contributed by atoms with Crippen molar-refractivity contribution in [3.05, 3.63) is 41.2 Å². The van der Waals surface area contributed by atoms with Gasteiger partial charge in [-0.05, 0) is 55.4 Å². The summed E-state index contributed by atoms with van der Waals surface area (Å²) in [5.74, 6) is 0.00119. The van der Waals surface area contributed by atoms with E-state index in [0.717, 1.165) is 50.6 Å². The first-order valence-corrected chi connectivity index (χ1v) is 10.9. The van der Waals surface area contributed by atoms with Gasteiger partial charge in [0, 0.05) is 11.6 Å². The SMILES string of the molecule is O=C(Nc1n[nH]c2nc(Nc3cccc4c3CCC4)c(F)cc12)C1CCCCCC1. The smallest absolute Gasteiger partial charge is 0.228 e. The fourth-order valence-corrected chi connectivity index (χ4v) is 4.73. The van der Waals surface area contributed by atoms with E-state index in [4.69, 9.17) is 0 Å². The van der Waals surface area contributed by atoms with Gasteiger partial charge in [0.25, 0.3) is 0 Å². The first kappa shape index (κ1) is 19.0. The Balaban J connectivity index is 1.38. The lowest BCUT2D eigenvalue weighted by atomic mass is 9.99. The first-order chi connectivity index (χ1) is 14.7. The number of pyridine rings is 1. The van der Waals surface area contributed by atoms with Gasteiger partial charge in [0.05, 0.1) is 5.39 Å². The van der Waals surface area contributed by atoms with Crippen LogP contribution in [0.4, 0.5) is 21.7 Å². The highest BCUT2D eigenvalue weighted by Gasteiger charge is 2.23. The lowest BCUT2D eigenvalue weighted by Gasteiger charge is -2.13. The monoisotopic (exact) mass is 407 g/mol. The number of carbonyl (C=O) groups is 1. The number of rotatable bonds is 4. The van der Waals surface area contributed by atoms with Crippen molar-refractivity contribution >= 4 is 34.3 Å². The van der Waals surface area contributed by atoms with Gasteiger partial charge in [0.15, 0.2) is 23.1 Å². The van der Waals surface area contributed by atoms with E-state index in [9.17, 15) is 9.18 Å². The third-order valence-electron chi connectivity index (χ3n) is 6.37. The maximum absolute atomic E-state index is 14.9. The minimum atomic E-state index is -0.468. The summed E-state index contributed by atoms with van der Waals surface area (Å²) < 4.78 is 14.9. The summed E-state index contributed by atoms with van der Waals surface area (Å²) >= 11 is 0. The maximum atomic E-state index is 14.9. The zero-order valence-electron chi connectivity index (χ0n) is 16.9. The molecular formula is C23H26FN5O. The second-order valence-electron chi connectivity index (χ2n) is 8.39. The Morgan fingerprint density at radius 3 is 2.73 bits per heavy atom. The Kier molecular flexibility index (Phi) is 5.11. The molecule has 3 aromatic rings. The number of nitrogens with zero attached hydrogens (tertiary/aromatic N) is 2. The van der Waals surface area contributed by atoms with Gasteiger partial charge in [-0.25, -0.2) is 9.37 Å². The number of anilines is 3. The Hall–Kier alpha value is -2.96. The molecule has 5 rings (SSSR count). The Morgan fingerprint density at radius 1 is 1.07 bits per heavy atom. The van der Waals surface area contributed by atoms with E-state index in [-0.39, 0.29) is 17.6 Å². The third kappa shape index (κ3) is 3.64. The van der Waals surface area contributed by atoms with Gasteiger partial charge in [0.2, 0.25) is 5.91 Å². The van der Waals surface area contributed by atoms with E-state index in [1.54, 1.807) is 0 Å². The molecule has 7 heteroatoms. The van der Waals surface area contributed by atoms with Crippen molar-refractivity contribution in [3.8, 4) is 0 Å². The van der Waals surface area contributed by atoms with Crippen LogP contribution in [0.2, 0.25) is 0 Å². The summed E-state index contributed by atoms with van der Waals surface area (Å²) in [7, 11) is 0. The number of aromatic nitrogens is 3. The molecule has 1 amide bonds. The topological polar surface area (TPSA) is 82.7 Å². The summed E-state index contributed by atoms with van der Waals surface area (Å²) in [5, 5.41) is 13.5. The number of fused-ring (bicyclic) bond motifs is 2. The van der Waals surface area contributed by atoms with Gasteiger partial charge in [0.1, 0.15) is 0 Å². The summed E-state index contributed by atoms with van der Waals surface area (Å²) in [5.41, 5.74) is 3.89. The number of hydrogen-bond acceptors (Lipinski definition) is 4. The lowest BCUT2D eigenvalue weighted by Crippen LogP contribution is -2.22. The van der Waals surface area contributed by atoms with Crippen LogP contribution >= 0.6 is 0 Å². The molecule has 2 aromatic heterocycles. The average Bonchev–Trinajstić information content (AvgIpc) is 3.27. The number of nitrogens with one attached hydrogen (secondary N) is 3. The predicted octanol–water partition coefficient (Wildman–Crippen LogP) is 5.24. The number of hydrogen-bond donors (Lipinski definition) is 3. The van der Waals surface area contributed by atoms with Crippen LogP contribution in [-0.2, 0) is 17.6 Å². The number of halogens is 1. The van der Waals surface area contributed by atoms with Gasteiger partial charge < -0.3 is 10.6 Å². The molecule has 30 heavy (non-hydrogen) atoms. The Bertz CT molecular complexity index is 1080. The van der Waals surface area contributed by atoms with Crippen LogP contribution in [0.5, 0.6) is 0 Å². The fraction of sp³-hybridized carbons (Fsp3) is 0.435. The minimum absolute atomic E-state index is 0.00169. The van der Waals surface area contributed by atoms with Gasteiger partial charge >= 0.3 is 0 Å². The lowest BCUT2D eigenvalue weighted by molar-refractivity contribution is -0.120. The largest absolute Gasteiger partial charge is 0.337 e. The van der Waals surface area contributed by atoms with Crippen molar-refractivity contribution in [2.24, 2.45) is 5.92 Å². The molecule has 0 unspecified atom stereocenters. The molecule has 2 aliphatic rings. The standard InChI is InChI=1S/C23H26FN5O/c24-18-13-17-20(26-22(18)25-19-12-6-10-14-9-5-11-16(14)19)28-29-21(17)27-23(30)15-7-3-1-2-4-8-15/h6,10,12-13,15H,1-5,7-9,11H2,(H3,25,26,27,28,29,30). The molecule has 0 atom stereocenters. The predicted molar refractivity (Wildman–Crippen MR) is 115 cm³/mol. The molecule has 1 aromatic carbocycles. The molecule has 2 heterocycles. The highest BCUT2D eigenvalue weighted by atomic mass is 19.1. The van der Waals surface area contributed by atoms with Crippen molar-refractivity contribution in [3.63, 3.8) is 0 Å². The van der Waals surface area contributed by atoms with E-state index in [0.29, 0.717) is 16.9 Å². The summed E-state index contributed by atoms with van der Waals surface area (Å²) in [6.45, 7) is 0. The van der Waals surface area contributed by atoms with Gasteiger partial charge in [-0.15, -0.1) is 0 Å². The van der Waals surface area contributed by atoms with Gasteiger partial charge in [-0.2, -0.15) is 5.10 Å². The van der Waals surface area contributed by atoms with Gasteiger partial charge in [-0.1, -0.05) is 37.8 Å². The summed E-state index contributed by atoms with van der Waals surface area (Å²) in [6, 6.07) is 7.46. The van der Waals surface area contributed by atoms with Gasteiger partial charge in [-0.3, -0.25) is 9.89 Å². The molecule has 0 spiro atoms. The number of benzene rings is 1. The van der Waals surface area contributed by atoms with E-state index < -0.39 is 5.82 Å². The van der Waals surface area contributed by atoms with Crippen LogP contribution < -0.4 is 10.6 Å². The highest BCUT2D eigenvalue weighted by molar-refractivity contribution is 6.00. The number of aromatic amines is 1. The number of aryl methyl sites for hydroxylation is 1. The molecule has 0 saturated heterocycles. The number of H-pyrrole nitrogens is 1. The second kappa shape index (κ2) is 8.05. The number of amides is 1. The van der Waals surface area contributed by atoms with Crippen LogP contribution in [-0.4, -0.2) is 21.1 Å². The van der Waals surface area contributed by atoms with Crippen molar-refractivity contribution in [2.45, 2.75) is 57.8 Å². The van der Waals surface area contributed by atoms with Crippen molar-refractivity contribution in [1.29, 1.82) is 0 Å². The molecule has 6 nitrogen and oxygen atoms in total. The second-order valence-corrected chi connectivity index (χ2v) is 8.39. The van der Waals surface area contributed by atoms with Crippen LogP contribution in [0, 0.1) is 11.7 Å². The van der Waals surface area contributed by atoms with Crippen LogP contribution in [0.25, 0.3) is 11.0 Å². The van der Waals surface area contributed by atoms with Crippen LogP contribution in [0.15, 0.2) is 24.3 Å². The molecule has 0 aliphatic heterocycles. The van der Waals surface area contributed by atoms with Crippen LogP contribution in [0.3, 0.4) is 0 Å². The van der Waals surface area contributed by atoms with Crippen molar-refractivity contribution in [1.82, 2.24) is 15.2 Å². The number of carbonyl (C=O) groups excluding carboxylic acids is 1. The highest BCUT2D eigenvalue weighted by Crippen LogP contribution is 2.32. The molecule has 156 valence electrons. The molecule has 2 aliphatic carbocycles. The van der Waals surface area contributed by atoms with Crippen molar-refractivity contribution in [2.75, 3.05) is 10.6 Å². The molecular weight excluding hydrogens is 381 g/mol. The average molecular weight is 407 g/mol. The third-order valence-corrected chi connectivity index (χ3v) is 6.37. The Labute approximate surface area is 174 Å². The van der Waals surface area contributed by atoms with Crippen molar-refractivity contribution < 1.29 is 9.18 Å². The quantitative estimate of drug-likeness (QED) is 0.517. The first-order valence-electron chi connectivity index (χ1n) is 10.9. The summed E-state index contributed by atoms with van der Waals surface area (Å²) in [4.78, 5) is 17.1. The zero-order chi connectivity index (χ0) is 20.5. The van der Waals surface area contributed by atoms with E-state index >= 15 is 0 Å². The molecule has 0 radical (unpaired) electrons. The molecule has 1 saturated carbocycles. The fourth-order valence-electron chi connectivity index (χ4n) is 4.73. The maximum Gasteiger partial charge on any atom is 0.228 e. The van der Waals surface area contributed by atoms with E-state index in [2.05, 4.69) is 31.9 Å². The molecule has 1 fully saturated rings. The van der Waals surface area contributed by atoms with Crippen LogP contribution in [0.1, 0.15) is 56.1 Å². The molecule has 0 bridgehead atoms. The normalized spacial score (nSPS) is 17.0. The van der Waals surface area contributed by atoms with E-state index in [1.165, 1.54) is 30.0 Å². The summed E-state index contributed by atoms with van der Waals surface area (Å²) in [6.07, 6.45) is 9.49.